The molecule has 0 bridgehead atoms. The van der Waals surface area contributed by atoms with Crippen LogP contribution in [0.4, 0.5) is 0 Å². The molecule has 0 saturated carbocycles. The minimum absolute atomic E-state index is 0.558. The predicted molar refractivity (Wildman–Crippen MR) is 59.1 cm³/mol. The van der Waals surface area contributed by atoms with E-state index in [2.05, 4.69) is 9.97 Å². The number of thiazole rings is 2. The SMILES string of the molecule is Cc1csc(C=O)n1.Cc1cscn1. The lowest BCUT2D eigenvalue weighted by Gasteiger charge is -1.70. The summed E-state index contributed by atoms with van der Waals surface area (Å²) >= 11 is 3.00. The minimum Gasteiger partial charge on any atom is -0.295 e. The molecule has 0 spiro atoms. The summed E-state index contributed by atoms with van der Waals surface area (Å²) in [6.07, 6.45) is 0.762. The largest absolute Gasteiger partial charge is 0.295 e. The Bertz CT molecular complexity index is 381. The summed E-state index contributed by atoms with van der Waals surface area (Å²) in [5.74, 6) is 0. The zero-order chi connectivity index (χ0) is 10.4. The molecule has 2 aromatic rings. The average Bonchev–Trinajstić information content (AvgIpc) is 2.77. The van der Waals surface area contributed by atoms with Crippen molar-refractivity contribution in [2.24, 2.45) is 0 Å². The van der Waals surface area contributed by atoms with Crippen molar-refractivity contribution in [3.63, 3.8) is 0 Å². The number of nitrogens with zero attached hydrogens (tertiary/aromatic N) is 2. The van der Waals surface area contributed by atoms with Crippen LogP contribution >= 0.6 is 22.7 Å². The van der Waals surface area contributed by atoms with E-state index in [4.69, 9.17) is 0 Å². The van der Waals surface area contributed by atoms with E-state index in [1.165, 1.54) is 11.3 Å². The van der Waals surface area contributed by atoms with Crippen molar-refractivity contribution in [2.75, 3.05) is 0 Å². The highest BCUT2D eigenvalue weighted by Crippen LogP contribution is 2.04. The van der Waals surface area contributed by atoms with Crippen molar-refractivity contribution in [3.8, 4) is 0 Å². The van der Waals surface area contributed by atoms with E-state index in [0.29, 0.717) is 5.01 Å². The molecule has 0 N–H and O–H groups in total. The molecule has 74 valence electrons. The molecule has 2 rings (SSSR count). The Hall–Kier alpha value is -1.07. The maximum Gasteiger partial charge on any atom is 0.178 e. The highest BCUT2D eigenvalue weighted by Gasteiger charge is 1.91. The van der Waals surface area contributed by atoms with E-state index in [1.807, 2.05) is 30.1 Å². The summed E-state index contributed by atoms with van der Waals surface area (Å²) in [6.45, 7) is 3.85. The monoisotopic (exact) mass is 226 g/mol. The summed E-state index contributed by atoms with van der Waals surface area (Å²) < 4.78 is 0. The van der Waals surface area contributed by atoms with Gasteiger partial charge >= 0.3 is 0 Å². The Kier molecular flexibility index (Phi) is 4.42. The van der Waals surface area contributed by atoms with Gasteiger partial charge in [-0.25, -0.2) is 4.98 Å². The van der Waals surface area contributed by atoms with Gasteiger partial charge in [0.1, 0.15) is 0 Å². The number of hydrogen-bond donors (Lipinski definition) is 0. The first-order valence-electron chi connectivity index (χ1n) is 3.94. The lowest BCUT2D eigenvalue weighted by molar-refractivity contribution is 0.112. The minimum atomic E-state index is 0.558. The first-order chi connectivity index (χ1) is 6.72. The summed E-state index contributed by atoms with van der Waals surface area (Å²) in [5.41, 5.74) is 3.85. The number of aldehydes is 1. The molecule has 0 fully saturated rings. The van der Waals surface area contributed by atoms with Gasteiger partial charge in [0.05, 0.1) is 5.51 Å². The van der Waals surface area contributed by atoms with Crippen LogP contribution in [-0.2, 0) is 0 Å². The maximum absolute atomic E-state index is 9.97. The Morgan fingerprint density at radius 2 is 2.07 bits per heavy atom. The molecule has 0 aliphatic heterocycles. The number of aryl methyl sites for hydroxylation is 2. The third kappa shape index (κ3) is 3.76. The molecule has 0 atom stereocenters. The molecular weight excluding hydrogens is 216 g/mol. The van der Waals surface area contributed by atoms with Gasteiger partial charge in [-0.3, -0.25) is 9.78 Å². The van der Waals surface area contributed by atoms with Crippen LogP contribution in [0.5, 0.6) is 0 Å². The molecule has 0 aliphatic rings. The predicted octanol–water partition coefficient (Wildman–Crippen LogP) is 2.72. The molecule has 14 heavy (non-hydrogen) atoms. The molecule has 5 heteroatoms. The van der Waals surface area contributed by atoms with Gasteiger partial charge < -0.3 is 0 Å². The normalized spacial score (nSPS) is 9.00. The molecular formula is C9H10N2OS2. The number of carbonyl (C=O) groups is 1. The summed E-state index contributed by atoms with van der Waals surface area (Å²) in [7, 11) is 0. The van der Waals surface area contributed by atoms with Gasteiger partial charge in [0.15, 0.2) is 11.3 Å². The fourth-order valence-electron chi connectivity index (χ4n) is 0.699. The topological polar surface area (TPSA) is 42.9 Å². The van der Waals surface area contributed by atoms with E-state index >= 15 is 0 Å². The number of hydrogen-bond acceptors (Lipinski definition) is 5. The molecule has 2 aromatic heterocycles. The fourth-order valence-corrected chi connectivity index (χ4v) is 1.84. The van der Waals surface area contributed by atoms with Gasteiger partial charge in [-0.1, -0.05) is 0 Å². The number of carbonyl (C=O) groups excluding carboxylic acids is 1. The highest BCUT2D eigenvalue weighted by molar-refractivity contribution is 7.11. The van der Waals surface area contributed by atoms with E-state index in [-0.39, 0.29) is 0 Å². The smallest absolute Gasteiger partial charge is 0.178 e. The van der Waals surface area contributed by atoms with Gasteiger partial charge in [-0.15, -0.1) is 22.7 Å². The molecule has 0 radical (unpaired) electrons. The van der Waals surface area contributed by atoms with Gasteiger partial charge in [0, 0.05) is 22.1 Å². The first-order valence-corrected chi connectivity index (χ1v) is 5.76. The van der Waals surface area contributed by atoms with Gasteiger partial charge in [0.25, 0.3) is 0 Å². The van der Waals surface area contributed by atoms with Crippen molar-refractivity contribution in [3.05, 3.63) is 32.7 Å². The summed E-state index contributed by atoms with van der Waals surface area (Å²) in [4.78, 5) is 17.8. The maximum atomic E-state index is 9.97. The third-order valence-corrected chi connectivity index (χ3v) is 2.89. The van der Waals surface area contributed by atoms with Gasteiger partial charge in [-0.05, 0) is 13.8 Å². The summed E-state index contributed by atoms with van der Waals surface area (Å²) in [6, 6.07) is 0. The van der Waals surface area contributed by atoms with Crippen LogP contribution in [0.1, 0.15) is 21.2 Å². The van der Waals surface area contributed by atoms with Crippen LogP contribution in [0.15, 0.2) is 16.3 Å². The zero-order valence-electron chi connectivity index (χ0n) is 7.93. The van der Waals surface area contributed by atoms with Gasteiger partial charge in [0.2, 0.25) is 0 Å². The van der Waals surface area contributed by atoms with Crippen LogP contribution in [0.3, 0.4) is 0 Å². The molecule has 2 heterocycles. The quantitative estimate of drug-likeness (QED) is 0.702. The molecule has 0 amide bonds. The van der Waals surface area contributed by atoms with E-state index in [1.54, 1.807) is 11.3 Å². The second-order valence-electron chi connectivity index (χ2n) is 2.57. The Balaban J connectivity index is 0.000000146. The molecule has 0 saturated heterocycles. The van der Waals surface area contributed by atoms with Crippen LogP contribution in [0.2, 0.25) is 0 Å². The highest BCUT2D eigenvalue weighted by atomic mass is 32.1. The lowest BCUT2D eigenvalue weighted by Crippen LogP contribution is -1.74. The second-order valence-corrected chi connectivity index (χ2v) is 4.18. The Labute approximate surface area is 90.5 Å². The van der Waals surface area contributed by atoms with Crippen molar-refractivity contribution in [2.45, 2.75) is 13.8 Å². The lowest BCUT2D eigenvalue weighted by atomic mass is 10.6. The van der Waals surface area contributed by atoms with Crippen LogP contribution in [0, 0.1) is 13.8 Å². The van der Waals surface area contributed by atoms with Crippen molar-refractivity contribution >= 4 is 29.0 Å². The Morgan fingerprint density at radius 3 is 2.29 bits per heavy atom. The van der Waals surface area contributed by atoms with Crippen LogP contribution in [0.25, 0.3) is 0 Å². The second kappa shape index (κ2) is 5.62. The standard InChI is InChI=1S/C5H5NOS.C4H5NS/c1-4-3-8-5(2-7)6-4;1-4-2-6-3-5-4/h2-3H,1H3;2-3H,1H3. The first kappa shape index (κ1) is 11.0. The molecule has 3 nitrogen and oxygen atoms in total. The van der Waals surface area contributed by atoms with Crippen molar-refractivity contribution < 1.29 is 4.79 Å². The molecule has 0 aromatic carbocycles. The summed E-state index contributed by atoms with van der Waals surface area (Å²) in [5, 5.41) is 4.42. The van der Waals surface area contributed by atoms with Crippen molar-refractivity contribution in [1.29, 1.82) is 0 Å². The Morgan fingerprint density at radius 1 is 1.29 bits per heavy atom. The van der Waals surface area contributed by atoms with Crippen LogP contribution < -0.4 is 0 Å². The van der Waals surface area contributed by atoms with E-state index in [0.717, 1.165) is 17.7 Å². The van der Waals surface area contributed by atoms with Gasteiger partial charge in [-0.2, -0.15) is 0 Å². The fraction of sp³-hybridized carbons (Fsp3) is 0.222. The molecule has 0 unspecified atom stereocenters. The van der Waals surface area contributed by atoms with E-state index < -0.39 is 0 Å². The number of rotatable bonds is 1. The van der Waals surface area contributed by atoms with E-state index in [9.17, 15) is 4.79 Å². The molecule has 0 aliphatic carbocycles. The van der Waals surface area contributed by atoms with Crippen LogP contribution in [-0.4, -0.2) is 16.3 Å². The zero-order valence-corrected chi connectivity index (χ0v) is 9.56. The third-order valence-electron chi connectivity index (χ3n) is 1.29. The average molecular weight is 226 g/mol. The number of aromatic nitrogens is 2. The van der Waals surface area contributed by atoms with Crippen molar-refractivity contribution in [1.82, 2.24) is 9.97 Å².